The molecule has 2 aromatic heterocycles. The Labute approximate surface area is 156 Å². The van der Waals surface area contributed by atoms with Crippen LogP contribution in [0.25, 0.3) is 22.2 Å². The number of rotatable bonds is 4. The van der Waals surface area contributed by atoms with Crippen molar-refractivity contribution >= 4 is 22.7 Å². The van der Waals surface area contributed by atoms with Gasteiger partial charge in [0.25, 0.3) is 0 Å². The van der Waals surface area contributed by atoms with Gasteiger partial charge in [-0.15, -0.1) is 5.10 Å². The van der Waals surface area contributed by atoms with E-state index < -0.39 is 0 Å². The zero-order valence-corrected chi connectivity index (χ0v) is 15.0. The Bertz CT molecular complexity index is 979. The lowest BCUT2D eigenvalue weighted by atomic mass is 9.94. The van der Waals surface area contributed by atoms with Crippen molar-refractivity contribution < 1.29 is 9.21 Å². The maximum absolute atomic E-state index is 12.4. The molecule has 27 heavy (non-hydrogen) atoms. The van der Waals surface area contributed by atoms with Crippen LogP contribution in [-0.2, 0) is 4.79 Å². The van der Waals surface area contributed by atoms with Crippen LogP contribution in [0, 0.1) is 5.41 Å². The van der Waals surface area contributed by atoms with Crippen LogP contribution in [0.4, 0.5) is 6.01 Å². The van der Waals surface area contributed by atoms with Gasteiger partial charge in [0.1, 0.15) is 0 Å². The predicted octanol–water partition coefficient (Wildman–Crippen LogP) is 3.10. The maximum Gasteiger partial charge on any atom is 0.316 e. The molecular formula is C20H21N5O2. The number of likely N-dealkylation sites (tertiary alicyclic amines) is 1. The SMILES string of the molecule is O=C(CNc1nnc(-c2cccc3cnccc23)o1)N1CCC2(CC1)CC2. The predicted molar refractivity (Wildman–Crippen MR) is 101 cm³/mol. The number of carbonyl (C=O) groups excluding carboxylic acids is 1. The van der Waals surface area contributed by atoms with Gasteiger partial charge in [0.15, 0.2) is 0 Å². The molecule has 7 nitrogen and oxygen atoms in total. The topological polar surface area (TPSA) is 84.2 Å². The van der Waals surface area contributed by atoms with Crippen LogP contribution in [0.1, 0.15) is 25.7 Å². The molecule has 5 rings (SSSR count). The number of anilines is 1. The summed E-state index contributed by atoms with van der Waals surface area (Å²) in [6.07, 6.45) is 8.49. The third kappa shape index (κ3) is 3.13. The Morgan fingerprint density at radius 1 is 1.15 bits per heavy atom. The molecule has 1 aliphatic carbocycles. The van der Waals surface area contributed by atoms with Crippen molar-refractivity contribution in [3.8, 4) is 11.5 Å². The van der Waals surface area contributed by atoms with E-state index in [4.69, 9.17) is 4.42 Å². The Hall–Kier alpha value is -2.96. The van der Waals surface area contributed by atoms with Crippen molar-refractivity contribution in [1.29, 1.82) is 0 Å². The minimum atomic E-state index is 0.0847. The molecule has 7 heteroatoms. The second kappa shape index (κ2) is 6.33. The van der Waals surface area contributed by atoms with Gasteiger partial charge in [-0.05, 0) is 48.6 Å². The monoisotopic (exact) mass is 363 g/mol. The largest absolute Gasteiger partial charge is 0.403 e. The first kappa shape index (κ1) is 16.2. The fourth-order valence-corrected chi connectivity index (χ4v) is 3.88. The summed E-state index contributed by atoms with van der Waals surface area (Å²) in [6.45, 7) is 1.90. The van der Waals surface area contributed by atoms with Gasteiger partial charge in [0.05, 0.1) is 6.54 Å². The van der Waals surface area contributed by atoms with Crippen LogP contribution in [0.5, 0.6) is 0 Å². The van der Waals surface area contributed by atoms with E-state index in [1.807, 2.05) is 29.2 Å². The van der Waals surface area contributed by atoms with Crippen LogP contribution in [-0.4, -0.2) is 45.6 Å². The lowest BCUT2D eigenvalue weighted by molar-refractivity contribution is -0.130. The summed E-state index contributed by atoms with van der Waals surface area (Å²) in [7, 11) is 0. The first-order valence-electron chi connectivity index (χ1n) is 9.41. The summed E-state index contributed by atoms with van der Waals surface area (Å²) in [5.74, 6) is 0.511. The summed E-state index contributed by atoms with van der Waals surface area (Å²) in [4.78, 5) is 18.5. The number of nitrogens with zero attached hydrogens (tertiary/aromatic N) is 4. The quantitative estimate of drug-likeness (QED) is 0.767. The molecule has 2 fully saturated rings. The highest BCUT2D eigenvalue weighted by Gasteiger charge is 2.44. The molecule has 0 radical (unpaired) electrons. The van der Waals surface area contributed by atoms with Gasteiger partial charge >= 0.3 is 6.01 Å². The van der Waals surface area contributed by atoms with Crippen molar-refractivity contribution in [3.05, 3.63) is 36.7 Å². The molecule has 1 aromatic carbocycles. The van der Waals surface area contributed by atoms with Crippen molar-refractivity contribution in [2.24, 2.45) is 5.41 Å². The van der Waals surface area contributed by atoms with Gasteiger partial charge in [-0.1, -0.05) is 17.2 Å². The number of aromatic nitrogens is 3. The van der Waals surface area contributed by atoms with E-state index in [9.17, 15) is 4.79 Å². The van der Waals surface area contributed by atoms with Crippen molar-refractivity contribution in [3.63, 3.8) is 0 Å². The molecule has 1 aliphatic heterocycles. The van der Waals surface area contributed by atoms with Gasteiger partial charge in [0.2, 0.25) is 11.8 Å². The third-order valence-electron chi connectivity index (χ3n) is 5.86. The minimum Gasteiger partial charge on any atom is -0.403 e. The number of carbonyl (C=O) groups is 1. The summed E-state index contributed by atoms with van der Waals surface area (Å²) < 4.78 is 5.73. The van der Waals surface area contributed by atoms with Crippen LogP contribution in [0.15, 0.2) is 41.1 Å². The van der Waals surface area contributed by atoms with Gasteiger partial charge < -0.3 is 14.6 Å². The number of benzene rings is 1. The number of piperidine rings is 1. The molecule has 1 N–H and O–H groups in total. The Kier molecular flexibility index (Phi) is 3.81. The second-order valence-electron chi connectivity index (χ2n) is 7.55. The van der Waals surface area contributed by atoms with E-state index in [2.05, 4.69) is 20.5 Å². The molecule has 2 aliphatic rings. The van der Waals surface area contributed by atoms with Gasteiger partial charge in [-0.25, -0.2) is 0 Å². The van der Waals surface area contributed by atoms with Gasteiger partial charge in [-0.3, -0.25) is 9.78 Å². The number of nitrogens with one attached hydrogen (secondary N) is 1. The highest BCUT2D eigenvalue weighted by Crippen LogP contribution is 2.53. The van der Waals surface area contributed by atoms with E-state index in [0.29, 0.717) is 11.3 Å². The first-order chi connectivity index (χ1) is 13.2. The lowest BCUT2D eigenvalue weighted by Gasteiger charge is -2.32. The van der Waals surface area contributed by atoms with Gasteiger partial charge in [0, 0.05) is 36.4 Å². The van der Waals surface area contributed by atoms with Crippen molar-refractivity contribution in [1.82, 2.24) is 20.1 Å². The second-order valence-corrected chi connectivity index (χ2v) is 7.55. The summed E-state index contributed by atoms with van der Waals surface area (Å²) >= 11 is 0. The molecule has 3 heterocycles. The van der Waals surface area contributed by atoms with E-state index in [1.165, 1.54) is 12.8 Å². The molecule has 1 amide bonds. The molecule has 0 atom stereocenters. The van der Waals surface area contributed by atoms with E-state index in [1.54, 1.807) is 12.4 Å². The first-order valence-corrected chi connectivity index (χ1v) is 9.41. The zero-order chi connectivity index (χ0) is 18.3. The molecule has 0 bridgehead atoms. The van der Waals surface area contributed by atoms with E-state index in [0.717, 1.165) is 42.3 Å². The Morgan fingerprint density at radius 2 is 2.00 bits per heavy atom. The van der Waals surface area contributed by atoms with Crippen LogP contribution < -0.4 is 5.32 Å². The Balaban J connectivity index is 1.25. The smallest absolute Gasteiger partial charge is 0.316 e. The van der Waals surface area contributed by atoms with E-state index in [-0.39, 0.29) is 18.5 Å². The summed E-state index contributed by atoms with van der Waals surface area (Å²) in [6, 6.07) is 8.05. The number of pyridine rings is 1. The molecule has 3 aromatic rings. The third-order valence-corrected chi connectivity index (χ3v) is 5.86. The maximum atomic E-state index is 12.4. The Morgan fingerprint density at radius 3 is 2.81 bits per heavy atom. The number of hydrogen-bond donors (Lipinski definition) is 1. The fraction of sp³-hybridized carbons (Fsp3) is 0.400. The molecule has 138 valence electrons. The van der Waals surface area contributed by atoms with Crippen LogP contribution >= 0.6 is 0 Å². The fourth-order valence-electron chi connectivity index (χ4n) is 3.88. The number of hydrogen-bond acceptors (Lipinski definition) is 6. The van der Waals surface area contributed by atoms with Crippen molar-refractivity contribution in [2.75, 3.05) is 25.0 Å². The zero-order valence-electron chi connectivity index (χ0n) is 15.0. The molecule has 1 spiro atoms. The summed E-state index contributed by atoms with van der Waals surface area (Å²) in [5.41, 5.74) is 1.42. The van der Waals surface area contributed by atoms with Crippen LogP contribution in [0.3, 0.4) is 0 Å². The average molecular weight is 363 g/mol. The molecular weight excluding hydrogens is 342 g/mol. The minimum absolute atomic E-state index is 0.0847. The molecule has 0 unspecified atom stereocenters. The number of amides is 1. The lowest BCUT2D eigenvalue weighted by Crippen LogP contribution is -2.41. The standard InChI is InChI=1S/C20H21N5O2/c26-17(25-10-7-20(5-6-20)8-11-25)13-22-19-24-23-18(27-19)16-3-1-2-14-12-21-9-4-15(14)16/h1-4,9,12H,5-8,10-11,13H2,(H,22,24). The van der Waals surface area contributed by atoms with Crippen LogP contribution in [0.2, 0.25) is 0 Å². The molecule has 1 saturated carbocycles. The van der Waals surface area contributed by atoms with Crippen molar-refractivity contribution in [2.45, 2.75) is 25.7 Å². The van der Waals surface area contributed by atoms with Gasteiger partial charge in [-0.2, -0.15) is 0 Å². The molecule has 1 saturated heterocycles. The van der Waals surface area contributed by atoms with E-state index >= 15 is 0 Å². The summed E-state index contributed by atoms with van der Waals surface area (Å²) in [5, 5.41) is 13.1. The average Bonchev–Trinajstić information content (AvgIpc) is 3.29. The normalized spacial score (nSPS) is 18.0. The highest BCUT2D eigenvalue weighted by atomic mass is 16.4. The highest BCUT2D eigenvalue weighted by molar-refractivity contribution is 5.94. The number of fused-ring (bicyclic) bond motifs is 1.